The van der Waals surface area contributed by atoms with Gasteiger partial charge in [0, 0.05) is 24.5 Å². The highest BCUT2D eigenvalue weighted by atomic mass is 32.2. The number of aliphatic hydroxyl groups excluding tert-OH is 1. The van der Waals surface area contributed by atoms with E-state index < -0.39 is 10.0 Å². The minimum atomic E-state index is -3.54. The Morgan fingerprint density at radius 2 is 2.10 bits per heavy atom. The van der Waals surface area contributed by atoms with Gasteiger partial charge in [0.2, 0.25) is 10.0 Å². The third-order valence-electron chi connectivity index (χ3n) is 3.37. The van der Waals surface area contributed by atoms with E-state index in [0.717, 1.165) is 12.8 Å². The Balaban J connectivity index is 2.08. The van der Waals surface area contributed by atoms with Crippen LogP contribution in [0.4, 0.5) is 0 Å². The third kappa shape index (κ3) is 4.04. The topological polar surface area (TPSA) is 79.3 Å². The number of hydrogen-bond donors (Lipinski definition) is 2. The summed E-state index contributed by atoms with van der Waals surface area (Å²) in [6, 6.07) is 1.46. The van der Waals surface area contributed by atoms with Crippen LogP contribution in [-0.2, 0) is 10.0 Å². The van der Waals surface area contributed by atoms with Crippen LogP contribution in [0.2, 0.25) is 0 Å². The fourth-order valence-electron chi connectivity index (χ4n) is 2.30. The molecule has 0 amide bonds. The second kappa shape index (κ2) is 6.84. The third-order valence-corrected chi connectivity index (χ3v) is 4.76. The summed E-state index contributed by atoms with van der Waals surface area (Å²) in [6.45, 7) is 0.214. The summed E-state index contributed by atoms with van der Waals surface area (Å²) >= 11 is 0. The molecule has 2 N–H and O–H groups in total. The zero-order valence-electron chi connectivity index (χ0n) is 11.2. The molecule has 6 heteroatoms. The van der Waals surface area contributed by atoms with E-state index >= 15 is 0 Å². The van der Waals surface area contributed by atoms with Crippen LogP contribution in [0.1, 0.15) is 31.2 Å². The number of hydrogen-bond acceptors (Lipinski definition) is 4. The molecule has 2 rings (SSSR count). The van der Waals surface area contributed by atoms with E-state index in [-0.39, 0.29) is 11.5 Å². The maximum Gasteiger partial charge on any atom is 0.242 e. The van der Waals surface area contributed by atoms with Gasteiger partial charge in [0.1, 0.15) is 11.5 Å². The standard InChI is InChI=1S/C14H18N2O3S/c17-7-3-6-13-8-14(11-15-9-13)20(18,19)16-10-12-4-1-2-5-12/h8-9,11-12,16-17H,1-2,4-5,7,10H2. The van der Waals surface area contributed by atoms with Crippen LogP contribution >= 0.6 is 0 Å². The molecule has 5 nitrogen and oxygen atoms in total. The first-order valence-electron chi connectivity index (χ1n) is 6.66. The van der Waals surface area contributed by atoms with Gasteiger partial charge in [0.05, 0.1) is 0 Å². The second-order valence-corrected chi connectivity index (χ2v) is 6.64. The van der Waals surface area contributed by atoms with Crippen molar-refractivity contribution in [2.24, 2.45) is 5.92 Å². The van der Waals surface area contributed by atoms with Crippen molar-refractivity contribution in [3.8, 4) is 11.8 Å². The molecule has 0 aliphatic heterocycles. The molecule has 20 heavy (non-hydrogen) atoms. The average molecular weight is 294 g/mol. The first-order valence-corrected chi connectivity index (χ1v) is 8.14. The van der Waals surface area contributed by atoms with Crippen LogP contribution in [-0.4, -0.2) is 31.7 Å². The molecule has 0 spiro atoms. The molecule has 1 aromatic rings. The zero-order chi connectivity index (χ0) is 14.4. The minimum absolute atomic E-state index is 0.111. The van der Waals surface area contributed by atoms with E-state index in [4.69, 9.17) is 5.11 Å². The predicted octanol–water partition coefficient (Wildman–Crippen LogP) is 0.894. The van der Waals surface area contributed by atoms with E-state index in [1.807, 2.05) is 0 Å². The molecule has 0 aromatic carbocycles. The zero-order valence-corrected chi connectivity index (χ0v) is 12.0. The lowest BCUT2D eigenvalue weighted by Gasteiger charge is -2.11. The Labute approximate surface area is 119 Å². The SMILES string of the molecule is O=S(=O)(NCC1CCCC1)c1cncc(C#CCO)c1. The van der Waals surface area contributed by atoms with Gasteiger partial charge in [-0.05, 0) is 24.8 Å². The Bertz CT molecular complexity index is 611. The highest BCUT2D eigenvalue weighted by Gasteiger charge is 2.20. The van der Waals surface area contributed by atoms with Crippen LogP contribution < -0.4 is 4.72 Å². The number of aromatic nitrogens is 1. The Kier molecular flexibility index (Phi) is 5.12. The van der Waals surface area contributed by atoms with Crippen LogP contribution in [0.5, 0.6) is 0 Å². The normalized spacial score (nSPS) is 15.8. The smallest absolute Gasteiger partial charge is 0.242 e. The first-order chi connectivity index (χ1) is 9.62. The Morgan fingerprint density at radius 1 is 1.35 bits per heavy atom. The predicted molar refractivity (Wildman–Crippen MR) is 75.3 cm³/mol. The molecule has 108 valence electrons. The molecule has 1 aromatic heterocycles. The van der Waals surface area contributed by atoms with Crippen molar-refractivity contribution in [1.82, 2.24) is 9.71 Å². The van der Waals surface area contributed by atoms with Crippen molar-refractivity contribution in [3.63, 3.8) is 0 Å². The number of rotatable bonds is 4. The lowest BCUT2D eigenvalue weighted by molar-refractivity contribution is 0.350. The van der Waals surface area contributed by atoms with Crippen molar-refractivity contribution in [3.05, 3.63) is 24.0 Å². The van der Waals surface area contributed by atoms with Crippen LogP contribution in [0, 0.1) is 17.8 Å². The Morgan fingerprint density at radius 3 is 2.80 bits per heavy atom. The monoisotopic (exact) mass is 294 g/mol. The summed E-state index contributed by atoms with van der Waals surface area (Å²) in [7, 11) is -3.54. The van der Waals surface area contributed by atoms with Gasteiger partial charge in [-0.2, -0.15) is 0 Å². The highest BCUT2D eigenvalue weighted by molar-refractivity contribution is 7.89. The van der Waals surface area contributed by atoms with E-state index in [9.17, 15) is 8.42 Å². The van der Waals surface area contributed by atoms with Crippen LogP contribution in [0.15, 0.2) is 23.4 Å². The van der Waals surface area contributed by atoms with Crippen LogP contribution in [0.25, 0.3) is 0 Å². The van der Waals surface area contributed by atoms with E-state index in [1.54, 1.807) is 0 Å². The van der Waals surface area contributed by atoms with E-state index in [2.05, 4.69) is 21.5 Å². The average Bonchev–Trinajstić information content (AvgIpc) is 2.97. The number of pyridine rings is 1. The van der Waals surface area contributed by atoms with E-state index in [0.29, 0.717) is 18.0 Å². The van der Waals surface area contributed by atoms with Crippen molar-refractivity contribution in [2.45, 2.75) is 30.6 Å². The van der Waals surface area contributed by atoms with Crippen LogP contribution in [0.3, 0.4) is 0 Å². The first kappa shape index (κ1) is 15.0. The molecular formula is C14H18N2O3S. The molecule has 1 aliphatic rings. The summed E-state index contributed by atoms with van der Waals surface area (Å²) in [4.78, 5) is 3.99. The van der Waals surface area contributed by atoms with Gasteiger partial charge in [-0.3, -0.25) is 4.98 Å². The van der Waals surface area contributed by atoms with Gasteiger partial charge < -0.3 is 5.11 Å². The summed E-state index contributed by atoms with van der Waals surface area (Å²) in [6.07, 6.45) is 7.31. The number of nitrogens with one attached hydrogen (secondary N) is 1. The van der Waals surface area contributed by atoms with Gasteiger partial charge in [0.15, 0.2) is 0 Å². The van der Waals surface area contributed by atoms with Gasteiger partial charge in [0.25, 0.3) is 0 Å². The fourth-order valence-corrected chi connectivity index (χ4v) is 3.40. The summed E-state index contributed by atoms with van der Waals surface area (Å²) < 4.78 is 27.0. The molecule has 1 heterocycles. The number of nitrogens with zero attached hydrogens (tertiary/aromatic N) is 1. The molecule has 0 bridgehead atoms. The number of aliphatic hydroxyl groups is 1. The Hall–Kier alpha value is -1.42. The quantitative estimate of drug-likeness (QED) is 0.808. The highest BCUT2D eigenvalue weighted by Crippen LogP contribution is 2.24. The molecule has 0 unspecified atom stereocenters. The maximum absolute atomic E-state index is 12.2. The van der Waals surface area contributed by atoms with Crippen molar-refractivity contribution < 1.29 is 13.5 Å². The molecule has 0 saturated heterocycles. The summed E-state index contributed by atoms with van der Waals surface area (Å²) in [5.41, 5.74) is 0.475. The molecule has 1 aliphatic carbocycles. The molecule has 0 radical (unpaired) electrons. The summed E-state index contributed by atoms with van der Waals surface area (Å²) in [5, 5.41) is 8.64. The van der Waals surface area contributed by atoms with Crippen molar-refractivity contribution >= 4 is 10.0 Å². The maximum atomic E-state index is 12.2. The van der Waals surface area contributed by atoms with Gasteiger partial charge in [-0.15, -0.1) is 0 Å². The molecule has 1 saturated carbocycles. The van der Waals surface area contributed by atoms with Gasteiger partial charge >= 0.3 is 0 Å². The van der Waals surface area contributed by atoms with Gasteiger partial charge in [-0.1, -0.05) is 24.7 Å². The lowest BCUT2D eigenvalue weighted by atomic mass is 10.1. The van der Waals surface area contributed by atoms with E-state index in [1.165, 1.54) is 31.3 Å². The second-order valence-electron chi connectivity index (χ2n) is 4.87. The van der Waals surface area contributed by atoms with Gasteiger partial charge in [-0.25, -0.2) is 13.1 Å². The molecule has 0 atom stereocenters. The fraction of sp³-hybridized carbons (Fsp3) is 0.500. The molecule has 1 fully saturated rings. The number of sulfonamides is 1. The molecular weight excluding hydrogens is 276 g/mol. The summed E-state index contributed by atoms with van der Waals surface area (Å²) in [5.74, 6) is 5.56. The van der Waals surface area contributed by atoms with Crippen molar-refractivity contribution in [1.29, 1.82) is 0 Å². The lowest BCUT2D eigenvalue weighted by Crippen LogP contribution is -2.28. The minimum Gasteiger partial charge on any atom is -0.384 e. The van der Waals surface area contributed by atoms with Crippen molar-refractivity contribution in [2.75, 3.05) is 13.2 Å². The largest absolute Gasteiger partial charge is 0.384 e.